The van der Waals surface area contributed by atoms with Crippen LogP contribution < -0.4 is 5.73 Å². The molecule has 2 rings (SSSR count). The fourth-order valence-corrected chi connectivity index (χ4v) is 2.26. The van der Waals surface area contributed by atoms with E-state index in [1.807, 2.05) is 42.7 Å². The Bertz CT molecular complexity index is 603. The van der Waals surface area contributed by atoms with Gasteiger partial charge in [-0.15, -0.1) is 0 Å². The first kappa shape index (κ1) is 12.0. The van der Waals surface area contributed by atoms with E-state index in [9.17, 15) is 0 Å². The van der Waals surface area contributed by atoms with Gasteiger partial charge in [0.25, 0.3) is 0 Å². The second kappa shape index (κ2) is 4.41. The first-order valence-corrected chi connectivity index (χ1v) is 6.27. The topological polar surface area (TPSA) is 54.7 Å². The smallest absolute Gasteiger partial charge is 0.126 e. The molecule has 0 fully saturated rings. The Kier molecular flexibility index (Phi) is 3.11. The van der Waals surface area contributed by atoms with Gasteiger partial charge in [0.1, 0.15) is 11.9 Å². The van der Waals surface area contributed by atoms with Crippen molar-refractivity contribution in [3.63, 3.8) is 0 Å². The maximum absolute atomic E-state index is 9.08. The summed E-state index contributed by atoms with van der Waals surface area (Å²) >= 11 is 2.26. The minimum atomic E-state index is 0.517. The summed E-state index contributed by atoms with van der Waals surface area (Å²) in [6, 6.07) is 10.2. The molecule has 0 saturated carbocycles. The van der Waals surface area contributed by atoms with Crippen molar-refractivity contribution in [2.75, 3.05) is 5.73 Å². The molecular formula is C13H12IN3. The van der Waals surface area contributed by atoms with Gasteiger partial charge in [0.05, 0.1) is 5.56 Å². The van der Waals surface area contributed by atoms with Crippen molar-refractivity contribution < 1.29 is 0 Å². The normalized spacial score (nSPS) is 10.2. The number of nitrogen functional groups attached to an aromatic ring is 1. The lowest BCUT2D eigenvalue weighted by Crippen LogP contribution is -2.02. The summed E-state index contributed by atoms with van der Waals surface area (Å²) in [5.74, 6) is 0.517. The first-order valence-electron chi connectivity index (χ1n) is 5.19. The summed E-state index contributed by atoms with van der Waals surface area (Å²) in [5, 5.41) is 9.08. The molecule has 0 aliphatic rings. The largest absolute Gasteiger partial charge is 0.384 e. The average Bonchev–Trinajstić information content (AvgIpc) is 2.52. The molecule has 86 valence electrons. The number of nitrogens with two attached hydrogens (primary N) is 1. The Balaban J connectivity index is 2.69. The Morgan fingerprint density at radius 2 is 1.82 bits per heavy atom. The molecule has 1 aromatic heterocycles. The van der Waals surface area contributed by atoms with Crippen LogP contribution in [0.2, 0.25) is 0 Å². The van der Waals surface area contributed by atoms with Crippen molar-refractivity contribution in [3.05, 3.63) is 44.7 Å². The van der Waals surface area contributed by atoms with Crippen LogP contribution in [0.15, 0.2) is 24.3 Å². The second-order valence-corrected chi connectivity index (χ2v) is 5.14. The zero-order chi connectivity index (χ0) is 12.6. The first-order chi connectivity index (χ1) is 8.06. The summed E-state index contributed by atoms with van der Waals surface area (Å²) in [5.41, 5.74) is 9.55. The number of anilines is 1. The highest BCUT2D eigenvalue weighted by molar-refractivity contribution is 14.1. The molecule has 17 heavy (non-hydrogen) atoms. The van der Waals surface area contributed by atoms with Crippen LogP contribution in [0, 0.1) is 28.7 Å². The van der Waals surface area contributed by atoms with E-state index in [-0.39, 0.29) is 0 Å². The van der Waals surface area contributed by atoms with Crippen molar-refractivity contribution in [3.8, 4) is 11.8 Å². The molecule has 0 atom stereocenters. The molecule has 0 saturated heterocycles. The number of nitrogens with zero attached hydrogens (tertiary/aromatic N) is 2. The third-order valence-corrected chi connectivity index (χ3v) is 3.67. The number of hydrogen-bond donors (Lipinski definition) is 1. The number of nitriles is 1. The molecule has 0 aliphatic carbocycles. The van der Waals surface area contributed by atoms with E-state index in [0.29, 0.717) is 11.4 Å². The summed E-state index contributed by atoms with van der Waals surface area (Å²) in [7, 11) is 0. The van der Waals surface area contributed by atoms with Gasteiger partial charge in [-0.1, -0.05) is 0 Å². The fraction of sp³-hybridized carbons (Fsp3) is 0.154. The van der Waals surface area contributed by atoms with E-state index < -0.39 is 0 Å². The third kappa shape index (κ3) is 1.91. The highest BCUT2D eigenvalue weighted by atomic mass is 127. The van der Waals surface area contributed by atoms with Crippen molar-refractivity contribution in [2.45, 2.75) is 13.8 Å². The van der Waals surface area contributed by atoms with Gasteiger partial charge in [-0.05, 0) is 66.3 Å². The Morgan fingerprint density at radius 1 is 1.24 bits per heavy atom. The van der Waals surface area contributed by atoms with E-state index in [2.05, 4.69) is 28.7 Å². The number of rotatable bonds is 1. The molecule has 2 N–H and O–H groups in total. The van der Waals surface area contributed by atoms with Gasteiger partial charge in [-0.3, -0.25) is 4.57 Å². The van der Waals surface area contributed by atoms with Gasteiger partial charge in [0.2, 0.25) is 0 Å². The highest BCUT2D eigenvalue weighted by Gasteiger charge is 2.15. The molecular weight excluding hydrogens is 325 g/mol. The van der Waals surface area contributed by atoms with E-state index in [1.54, 1.807) is 0 Å². The molecule has 1 heterocycles. The quantitative estimate of drug-likeness (QED) is 0.813. The van der Waals surface area contributed by atoms with Crippen LogP contribution in [0.4, 0.5) is 5.82 Å². The molecule has 0 unspecified atom stereocenters. The minimum absolute atomic E-state index is 0.517. The third-order valence-electron chi connectivity index (χ3n) is 2.95. The lowest BCUT2D eigenvalue weighted by Gasteiger charge is -2.09. The van der Waals surface area contributed by atoms with Gasteiger partial charge in [-0.25, -0.2) is 0 Å². The fourth-order valence-electron chi connectivity index (χ4n) is 1.90. The van der Waals surface area contributed by atoms with Crippen molar-refractivity contribution in [2.24, 2.45) is 0 Å². The van der Waals surface area contributed by atoms with Crippen LogP contribution in [-0.4, -0.2) is 4.57 Å². The SMILES string of the molecule is Cc1c(C#N)c(N)n(-c2ccc(I)cc2)c1C. The molecule has 0 spiro atoms. The van der Waals surface area contributed by atoms with Gasteiger partial charge in [0, 0.05) is 15.0 Å². The highest BCUT2D eigenvalue weighted by Crippen LogP contribution is 2.27. The summed E-state index contributed by atoms with van der Waals surface area (Å²) in [4.78, 5) is 0. The maximum atomic E-state index is 9.08. The minimum Gasteiger partial charge on any atom is -0.384 e. The zero-order valence-electron chi connectivity index (χ0n) is 9.66. The van der Waals surface area contributed by atoms with E-state index in [4.69, 9.17) is 11.0 Å². The van der Waals surface area contributed by atoms with Crippen molar-refractivity contribution in [1.82, 2.24) is 4.57 Å². The summed E-state index contributed by atoms with van der Waals surface area (Å²) in [6.07, 6.45) is 0. The van der Waals surface area contributed by atoms with Crippen LogP contribution in [0.5, 0.6) is 0 Å². The molecule has 0 radical (unpaired) electrons. The average molecular weight is 337 g/mol. The molecule has 0 aliphatic heterocycles. The molecule has 3 nitrogen and oxygen atoms in total. The number of hydrogen-bond acceptors (Lipinski definition) is 2. The summed E-state index contributed by atoms with van der Waals surface area (Å²) < 4.78 is 3.09. The second-order valence-electron chi connectivity index (χ2n) is 3.89. The zero-order valence-corrected chi connectivity index (χ0v) is 11.8. The van der Waals surface area contributed by atoms with Gasteiger partial charge >= 0.3 is 0 Å². The Hall–Kier alpha value is -1.48. The van der Waals surface area contributed by atoms with E-state index >= 15 is 0 Å². The predicted octanol–water partition coefficient (Wildman–Crippen LogP) is 3.15. The molecule has 0 bridgehead atoms. The molecule has 2 aromatic rings. The van der Waals surface area contributed by atoms with Crippen LogP contribution in [0.1, 0.15) is 16.8 Å². The molecule has 0 amide bonds. The number of aromatic nitrogens is 1. The van der Waals surface area contributed by atoms with Crippen LogP contribution >= 0.6 is 22.6 Å². The molecule has 4 heteroatoms. The van der Waals surface area contributed by atoms with Crippen molar-refractivity contribution >= 4 is 28.4 Å². The van der Waals surface area contributed by atoms with Crippen LogP contribution in [0.3, 0.4) is 0 Å². The predicted molar refractivity (Wildman–Crippen MR) is 77.1 cm³/mol. The van der Waals surface area contributed by atoms with Crippen LogP contribution in [-0.2, 0) is 0 Å². The standard InChI is InChI=1S/C13H12IN3/c1-8-9(2)17(13(16)12(8)7-15)11-5-3-10(14)4-6-11/h3-6H,16H2,1-2H3. The van der Waals surface area contributed by atoms with E-state index in [0.717, 1.165) is 16.9 Å². The van der Waals surface area contributed by atoms with Gasteiger partial charge in [-0.2, -0.15) is 5.26 Å². The van der Waals surface area contributed by atoms with E-state index in [1.165, 1.54) is 3.57 Å². The van der Waals surface area contributed by atoms with Gasteiger partial charge < -0.3 is 5.73 Å². The maximum Gasteiger partial charge on any atom is 0.126 e. The Labute approximate surface area is 114 Å². The monoisotopic (exact) mass is 337 g/mol. The number of halogens is 1. The van der Waals surface area contributed by atoms with Crippen LogP contribution in [0.25, 0.3) is 5.69 Å². The van der Waals surface area contributed by atoms with Gasteiger partial charge in [0.15, 0.2) is 0 Å². The number of benzene rings is 1. The lowest BCUT2D eigenvalue weighted by molar-refractivity contribution is 1.02. The Morgan fingerprint density at radius 3 is 2.29 bits per heavy atom. The summed E-state index contributed by atoms with van der Waals surface area (Å²) in [6.45, 7) is 3.90. The lowest BCUT2D eigenvalue weighted by atomic mass is 10.2. The molecule has 1 aromatic carbocycles. The van der Waals surface area contributed by atoms with Crippen molar-refractivity contribution in [1.29, 1.82) is 5.26 Å².